The predicted molar refractivity (Wildman–Crippen MR) is 71.3 cm³/mol. The van der Waals surface area contributed by atoms with Gasteiger partial charge in [-0.2, -0.15) is 0 Å². The van der Waals surface area contributed by atoms with E-state index in [0.717, 1.165) is 32.4 Å². The molecule has 1 aliphatic heterocycles. The molecule has 0 aromatic carbocycles. The van der Waals surface area contributed by atoms with Crippen molar-refractivity contribution in [2.75, 3.05) is 13.1 Å². The molecule has 2 fully saturated rings. The molecule has 2 atom stereocenters. The molecule has 0 bridgehead atoms. The van der Waals surface area contributed by atoms with Crippen LogP contribution in [-0.4, -0.2) is 35.7 Å². The molecule has 0 aromatic heterocycles. The second kappa shape index (κ2) is 4.72. The maximum atomic E-state index is 12.0. The van der Waals surface area contributed by atoms with Gasteiger partial charge in [-0.25, -0.2) is 4.79 Å². The zero-order chi connectivity index (χ0) is 13.4. The highest BCUT2D eigenvalue weighted by molar-refractivity contribution is 5.68. The maximum absolute atomic E-state index is 12.0. The number of carbonyl (C=O) groups excluding carboxylic acids is 1. The summed E-state index contributed by atoms with van der Waals surface area (Å²) in [4.78, 5) is 13.9. The van der Waals surface area contributed by atoms with Crippen molar-refractivity contribution >= 4 is 6.09 Å². The monoisotopic (exact) mass is 254 g/mol. The number of carbonyl (C=O) groups is 1. The first-order chi connectivity index (χ1) is 8.30. The Kier molecular flexibility index (Phi) is 3.58. The minimum absolute atomic E-state index is 0.168. The van der Waals surface area contributed by atoms with Crippen molar-refractivity contribution in [2.24, 2.45) is 11.1 Å². The minimum Gasteiger partial charge on any atom is -0.444 e. The molecule has 4 heteroatoms. The summed E-state index contributed by atoms with van der Waals surface area (Å²) in [5.74, 6) is 0. The summed E-state index contributed by atoms with van der Waals surface area (Å²) >= 11 is 0. The Morgan fingerprint density at radius 1 is 1.39 bits per heavy atom. The third-order valence-electron chi connectivity index (χ3n) is 4.07. The number of nitrogens with two attached hydrogens (primary N) is 1. The molecule has 4 nitrogen and oxygen atoms in total. The number of hydrogen-bond acceptors (Lipinski definition) is 3. The average Bonchev–Trinajstić information content (AvgIpc) is 2.59. The molecule has 0 unspecified atom stereocenters. The van der Waals surface area contributed by atoms with Gasteiger partial charge in [0.2, 0.25) is 0 Å². The first-order valence-corrected chi connectivity index (χ1v) is 7.03. The molecule has 1 heterocycles. The highest BCUT2D eigenvalue weighted by atomic mass is 16.6. The molecule has 0 aromatic rings. The van der Waals surface area contributed by atoms with Crippen LogP contribution in [0.5, 0.6) is 0 Å². The second-order valence-electron chi connectivity index (χ2n) is 7.01. The van der Waals surface area contributed by atoms with Crippen molar-refractivity contribution in [1.29, 1.82) is 0 Å². The molecule has 1 aliphatic carbocycles. The van der Waals surface area contributed by atoms with Crippen LogP contribution in [-0.2, 0) is 4.74 Å². The van der Waals surface area contributed by atoms with E-state index in [1.807, 2.05) is 25.7 Å². The van der Waals surface area contributed by atoms with Crippen LogP contribution >= 0.6 is 0 Å². The molecule has 1 saturated carbocycles. The Bertz CT molecular complexity index is 324. The molecule has 2 N–H and O–H groups in total. The summed E-state index contributed by atoms with van der Waals surface area (Å²) in [6.45, 7) is 7.38. The van der Waals surface area contributed by atoms with E-state index >= 15 is 0 Å². The van der Waals surface area contributed by atoms with Gasteiger partial charge in [0.1, 0.15) is 5.60 Å². The maximum Gasteiger partial charge on any atom is 0.410 e. The van der Waals surface area contributed by atoms with Crippen LogP contribution in [0.3, 0.4) is 0 Å². The zero-order valence-electron chi connectivity index (χ0n) is 11.9. The predicted octanol–water partition coefficient (Wildman–Crippen LogP) is 2.51. The number of ether oxygens (including phenoxy) is 1. The van der Waals surface area contributed by atoms with Crippen LogP contribution in [0.2, 0.25) is 0 Å². The van der Waals surface area contributed by atoms with Crippen molar-refractivity contribution in [2.45, 2.75) is 64.5 Å². The number of likely N-dealkylation sites (tertiary alicyclic amines) is 1. The fourth-order valence-corrected chi connectivity index (χ4v) is 3.29. The van der Waals surface area contributed by atoms with Crippen LogP contribution in [0.1, 0.15) is 52.9 Å². The summed E-state index contributed by atoms with van der Waals surface area (Å²) in [6.07, 6.45) is 5.52. The van der Waals surface area contributed by atoms with E-state index < -0.39 is 5.60 Å². The number of nitrogens with zero attached hydrogens (tertiary/aromatic N) is 1. The lowest BCUT2D eigenvalue weighted by molar-refractivity contribution is 0.0259. The SMILES string of the molecule is CC(C)(C)OC(=O)N1CC[C@]2(CCC[C@H](N)C2)C1. The van der Waals surface area contributed by atoms with E-state index in [2.05, 4.69) is 0 Å². The lowest BCUT2D eigenvalue weighted by Crippen LogP contribution is -2.40. The highest BCUT2D eigenvalue weighted by Crippen LogP contribution is 2.43. The highest BCUT2D eigenvalue weighted by Gasteiger charge is 2.43. The lowest BCUT2D eigenvalue weighted by atomic mass is 9.72. The van der Waals surface area contributed by atoms with Crippen molar-refractivity contribution in [1.82, 2.24) is 4.90 Å². The Morgan fingerprint density at radius 2 is 2.11 bits per heavy atom. The van der Waals surface area contributed by atoms with Gasteiger partial charge in [-0.15, -0.1) is 0 Å². The summed E-state index contributed by atoms with van der Waals surface area (Å²) < 4.78 is 5.44. The third-order valence-corrected chi connectivity index (χ3v) is 4.07. The van der Waals surface area contributed by atoms with Crippen LogP contribution in [0.4, 0.5) is 4.79 Å². The Morgan fingerprint density at radius 3 is 2.72 bits per heavy atom. The third kappa shape index (κ3) is 3.16. The molecule has 1 spiro atoms. The number of amides is 1. The first-order valence-electron chi connectivity index (χ1n) is 7.03. The number of hydrogen-bond donors (Lipinski definition) is 1. The normalized spacial score (nSPS) is 32.9. The van der Waals surface area contributed by atoms with Crippen molar-refractivity contribution < 1.29 is 9.53 Å². The molecular formula is C14H26N2O2. The lowest BCUT2D eigenvalue weighted by Gasteiger charge is -2.36. The average molecular weight is 254 g/mol. The van der Waals surface area contributed by atoms with Crippen molar-refractivity contribution in [3.8, 4) is 0 Å². The van der Waals surface area contributed by atoms with Gasteiger partial charge < -0.3 is 15.4 Å². The first kappa shape index (κ1) is 13.7. The fraction of sp³-hybridized carbons (Fsp3) is 0.929. The van der Waals surface area contributed by atoms with Crippen LogP contribution in [0, 0.1) is 5.41 Å². The molecule has 2 aliphatic rings. The molecule has 104 valence electrons. The standard InChI is InChI=1S/C14H26N2O2/c1-13(2,3)18-12(17)16-8-7-14(10-16)6-4-5-11(15)9-14/h11H,4-10,15H2,1-3H3/t11-,14-/m0/s1. The van der Waals surface area contributed by atoms with Gasteiger partial charge in [-0.3, -0.25) is 0 Å². The topological polar surface area (TPSA) is 55.6 Å². The van der Waals surface area contributed by atoms with Crippen LogP contribution in [0.25, 0.3) is 0 Å². The summed E-state index contributed by atoms with van der Waals surface area (Å²) in [6, 6.07) is 0.317. The largest absolute Gasteiger partial charge is 0.444 e. The molecule has 1 saturated heterocycles. The van der Waals surface area contributed by atoms with E-state index in [4.69, 9.17) is 10.5 Å². The van der Waals surface area contributed by atoms with Crippen molar-refractivity contribution in [3.63, 3.8) is 0 Å². The van der Waals surface area contributed by atoms with Crippen LogP contribution < -0.4 is 5.73 Å². The smallest absolute Gasteiger partial charge is 0.410 e. The molecule has 2 rings (SSSR count). The van der Waals surface area contributed by atoms with Gasteiger partial charge in [-0.1, -0.05) is 6.42 Å². The van der Waals surface area contributed by atoms with Crippen LogP contribution in [0.15, 0.2) is 0 Å². The Hall–Kier alpha value is -0.770. The van der Waals surface area contributed by atoms with E-state index in [1.54, 1.807) is 0 Å². The van der Waals surface area contributed by atoms with Gasteiger partial charge >= 0.3 is 6.09 Å². The minimum atomic E-state index is -0.407. The van der Waals surface area contributed by atoms with E-state index in [9.17, 15) is 4.79 Å². The van der Waals surface area contributed by atoms with Gasteiger partial charge in [0.15, 0.2) is 0 Å². The van der Waals surface area contributed by atoms with E-state index in [1.165, 1.54) is 12.8 Å². The molecule has 18 heavy (non-hydrogen) atoms. The summed E-state index contributed by atoms with van der Waals surface area (Å²) in [5.41, 5.74) is 5.94. The van der Waals surface area contributed by atoms with E-state index in [0.29, 0.717) is 6.04 Å². The van der Waals surface area contributed by atoms with Crippen molar-refractivity contribution in [3.05, 3.63) is 0 Å². The Balaban J connectivity index is 1.93. The summed E-state index contributed by atoms with van der Waals surface area (Å²) in [5, 5.41) is 0. The van der Waals surface area contributed by atoms with Gasteiger partial charge in [-0.05, 0) is 51.9 Å². The summed E-state index contributed by atoms with van der Waals surface area (Å²) in [7, 11) is 0. The molecule has 0 radical (unpaired) electrons. The van der Waals surface area contributed by atoms with Gasteiger partial charge in [0.05, 0.1) is 0 Å². The quantitative estimate of drug-likeness (QED) is 0.722. The zero-order valence-corrected chi connectivity index (χ0v) is 11.9. The Labute approximate surface area is 110 Å². The number of rotatable bonds is 0. The molecular weight excluding hydrogens is 228 g/mol. The second-order valence-corrected chi connectivity index (χ2v) is 7.01. The van der Waals surface area contributed by atoms with Gasteiger partial charge in [0, 0.05) is 19.1 Å². The molecule has 1 amide bonds. The van der Waals surface area contributed by atoms with Gasteiger partial charge in [0.25, 0.3) is 0 Å². The fourth-order valence-electron chi connectivity index (χ4n) is 3.29. The van der Waals surface area contributed by atoms with E-state index in [-0.39, 0.29) is 11.5 Å².